The van der Waals surface area contributed by atoms with Crippen molar-refractivity contribution in [3.8, 4) is 0 Å². The molecule has 0 aliphatic heterocycles. The minimum absolute atomic E-state index is 0.107. The summed E-state index contributed by atoms with van der Waals surface area (Å²) in [5.41, 5.74) is 6.17. The molecule has 166 valence electrons. The van der Waals surface area contributed by atoms with Gasteiger partial charge in [0.1, 0.15) is 0 Å². The third kappa shape index (κ3) is 4.94. The SMILES string of the molecule is CC(C)N(CCCc1ccc2ncn(C(c3ccccc3)c3ccccc3)c2c1)C(C)C. The summed E-state index contributed by atoms with van der Waals surface area (Å²) in [5.74, 6) is 0. The highest BCUT2D eigenvalue weighted by molar-refractivity contribution is 5.76. The maximum Gasteiger partial charge on any atom is 0.0966 e. The Morgan fingerprint density at radius 3 is 1.94 bits per heavy atom. The second kappa shape index (κ2) is 10.1. The predicted molar refractivity (Wildman–Crippen MR) is 135 cm³/mol. The van der Waals surface area contributed by atoms with Crippen LogP contribution in [-0.2, 0) is 6.42 Å². The van der Waals surface area contributed by atoms with E-state index in [0.29, 0.717) is 12.1 Å². The van der Waals surface area contributed by atoms with Crippen LogP contribution in [0.4, 0.5) is 0 Å². The fraction of sp³-hybridized carbons (Fsp3) is 0.345. The van der Waals surface area contributed by atoms with Gasteiger partial charge in [0.05, 0.1) is 23.4 Å². The van der Waals surface area contributed by atoms with Crippen LogP contribution in [0.2, 0.25) is 0 Å². The molecule has 0 aliphatic rings. The van der Waals surface area contributed by atoms with Crippen LogP contribution in [0.25, 0.3) is 11.0 Å². The van der Waals surface area contributed by atoms with E-state index in [2.05, 4.69) is 116 Å². The van der Waals surface area contributed by atoms with Crippen molar-refractivity contribution in [1.82, 2.24) is 14.5 Å². The first-order valence-electron chi connectivity index (χ1n) is 11.9. The standard InChI is InChI=1S/C29H35N3/c1-22(2)31(23(3)4)19-11-12-24-17-18-27-28(20-24)32(21-30-27)29(25-13-7-5-8-14-25)26-15-9-6-10-16-26/h5-10,13-18,20-23,29H,11-12,19H2,1-4H3. The largest absolute Gasteiger partial charge is 0.319 e. The Kier molecular flexibility index (Phi) is 7.06. The van der Waals surface area contributed by atoms with Crippen molar-refractivity contribution in [1.29, 1.82) is 0 Å². The van der Waals surface area contributed by atoms with Gasteiger partial charge >= 0.3 is 0 Å². The van der Waals surface area contributed by atoms with E-state index in [0.717, 1.165) is 24.9 Å². The van der Waals surface area contributed by atoms with Crippen LogP contribution < -0.4 is 0 Å². The molecule has 3 nitrogen and oxygen atoms in total. The molecular formula is C29H35N3. The zero-order chi connectivity index (χ0) is 22.5. The molecule has 0 spiro atoms. The van der Waals surface area contributed by atoms with Crippen molar-refractivity contribution in [2.45, 2.75) is 58.7 Å². The van der Waals surface area contributed by atoms with Gasteiger partial charge in [-0.25, -0.2) is 4.98 Å². The van der Waals surface area contributed by atoms with Crippen molar-refractivity contribution in [2.75, 3.05) is 6.54 Å². The summed E-state index contributed by atoms with van der Waals surface area (Å²) in [6.07, 6.45) is 4.24. The van der Waals surface area contributed by atoms with Gasteiger partial charge in [0.2, 0.25) is 0 Å². The zero-order valence-corrected chi connectivity index (χ0v) is 19.8. The minimum Gasteiger partial charge on any atom is -0.319 e. The van der Waals surface area contributed by atoms with E-state index in [9.17, 15) is 0 Å². The van der Waals surface area contributed by atoms with E-state index < -0.39 is 0 Å². The molecule has 0 saturated heterocycles. The molecule has 0 saturated carbocycles. The van der Waals surface area contributed by atoms with Gasteiger partial charge in [-0.05, 0) is 75.9 Å². The molecule has 0 fully saturated rings. The lowest BCUT2D eigenvalue weighted by Crippen LogP contribution is -2.37. The molecule has 4 rings (SSSR count). The third-order valence-corrected chi connectivity index (χ3v) is 6.36. The van der Waals surface area contributed by atoms with E-state index in [1.54, 1.807) is 0 Å². The van der Waals surface area contributed by atoms with Crippen molar-refractivity contribution in [3.05, 3.63) is 102 Å². The Balaban J connectivity index is 1.64. The molecule has 0 radical (unpaired) electrons. The van der Waals surface area contributed by atoms with E-state index in [4.69, 9.17) is 4.98 Å². The molecule has 0 bridgehead atoms. The Bertz CT molecular complexity index is 1070. The van der Waals surface area contributed by atoms with Crippen molar-refractivity contribution < 1.29 is 0 Å². The lowest BCUT2D eigenvalue weighted by Gasteiger charge is -2.30. The third-order valence-electron chi connectivity index (χ3n) is 6.36. The Morgan fingerprint density at radius 2 is 1.38 bits per heavy atom. The highest BCUT2D eigenvalue weighted by Crippen LogP contribution is 2.30. The van der Waals surface area contributed by atoms with Crippen LogP contribution in [0.3, 0.4) is 0 Å². The van der Waals surface area contributed by atoms with E-state index >= 15 is 0 Å². The van der Waals surface area contributed by atoms with E-state index in [1.807, 2.05) is 6.33 Å². The Hall–Kier alpha value is -2.91. The summed E-state index contributed by atoms with van der Waals surface area (Å²) in [6, 6.07) is 29.5. The van der Waals surface area contributed by atoms with Gasteiger partial charge in [-0.2, -0.15) is 0 Å². The van der Waals surface area contributed by atoms with E-state index in [-0.39, 0.29) is 6.04 Å². The number of hydrogen-bond acceptors (Lipinski definition) is 2. The van der Waals surface area contributed by atoms with Crippen LogP contribution in [0.5, 0.6) is 0 Å². The van der Waals surface area contributed by atoms with Gasteiger partial charge in [-0.3, -0.25) is 4.90 Å². The number of fused-ring (bicyclic) bond motifs is 1. The normalized spacial score (nSPS) is 12.0. The fourth-order valence-corrected chi connectivity index (χ4v) is 4.80. The summed E-state index contributed by atoms with van der Waals surface area (Å²) < 4.78 is 2.33. The number of aromatic nitrogens is 2. The lowest BCUT2D eigenvalue weighted by atomic mass is 9.98. The summed E-state index contributed by atoms with van der Waals surface area (Å²) in [6.45, 7) is 10.3. The number of nitrogens with zero attached hydrogens (tertiary/aromatic N) is 3. The van der Waals surface area contributed by atoms with Crippen molar-refractivity contribution in [3.63, 3.8) is 0 Å². The van der Waals surface area contributed by atoms with Gasteiger partial charge in [0.15, 0.2) is 0 Å². The molecule has 1 aromatic heterocycles. The first-order chi connectivity index (χ1) is 15.5. The van der Waals surface area contributed by atoms with Crippen LogP contribution in [0.15, 0.2) is 85.2 Å². The number of imidazole rings is 1. The molecule has 0 aliphatic carbocycles. The monoisotopic (exact) mass is 425 g/mol. The van der Waals surface area contributed by atoms with Crippen LogP contribution in [-0.4, -0.2) is 33.1 Å². The van der Waals surface area contributed by atoms with Crippen LogP contribution in [0.1, 0.15) is 56.8 Å². The molecule has 1 heterocycles. The van der Waals surface area contributed by atoms with Gasteiger partial charge in [0.25, 0.3) is 0 Å². The summed E-state index contributed by atoms with van der Waals surface area (Å²) in [7, 11) is 0. The fourth-order valence-electron chi connectivity index (χ4n) is 4.80. The summed E-state index contributed by atoms with van der Waals surface area (Å²) in [4.78, 5) is 7.31. The maximum atomic E-state index is 4.74. The van der Waals surface area contributed by atoms with Crippen LogP contribution >= 0.6 is 0 Å². The number of hydrogen-bond donors (Lipinski definition) is 0. The Labute approximate surface area is 192 Å². The first-order valence-corrected chi connectivity index (χ1v) is 11.9. The first kappa shape index (κ1) is 22.3. The average molecular weight is 426 g/mol. The Morgan fingerprint density at radius 1 is 0.781 bits per heavy atom. The van der Waals surface area contributed by atoms with E-state index in [1.165, 1.54) is 22.2 Å². The maximum absolute atomic E-state index is 4.74. The van der Waals surface area contributed by atoms with Crippen molar-refractivity contribution >= 4 is 11.0 Å². The molecule has 4 aromatic rings. The van der Waals surface area contributed by atoms with Gasteiger partial charge < -0.3 is 4.57 Å². The number of aryl methyl sites for hydroxylation is 1. The molecule has 0 atom stereocenters. The summed E-state index contributed by atoms with van der Waals surface area (Å²) in [5, 5.41) is 0. The molecule has 32 heavy (non-hydrogen) atoms. The lowest BCUT2D eigenvalue weighted by molar-refractivity contribution is 0.173. The highest BCUT2D eigenvalue weighted by Gasteiger charge is 2.19. The van der Waals surface area contributed by atoms with Crippen molar-refractivity contribution in [2.24, 2.45) is 0 Å². The zero-order valence-electron chi connectivity index (χ0n) is 19.8. The highest BCUT2D eigenvalue weighted by atomic mass is 15.2. The molecular weight excluding hydrogens is 390 g/mol. The van der Waals surface area contributed by atoms with Gasteiger partial charge in [-0.15, -0.1) is 0 Å². The molecule has 0 N–H and O–H groups in total. The molecule has 0 amide bonds. The molecule has 0 unspecified atom stereocenters. The van der Waals surface area contributed by atoms with Crippen LogP contribution in [0, 0.1) is 0 Å². The van der Waals surface area contributed by atoms with Gasteiger partial charge in [0, 0.05) is 12.1 Å². The topological polar surface area (TPSA) is 21.1 Å². The van der Waals surface area contributed by atoms with Gasteiger partial charge in [-0.1, -0.05) is 66.7 Å². The average Bonchev–Trinajstić information content (AvgIpc) is 3.21. The second-order valence-corrected chi connectivity index (χ2v) is 9.23. The second-order valence-electron chi connectivity index (χ2n) is 9.23. The summed E-state index contributed by atoms with van der Waals surface area (Å²) >= 11 is 0. The quantitative estimate of drug-likeness (QED) is 0.297. The number of benzene rings is 3. The number of rotatable bonds is 9. The smallest absolute Gasteiger partial charge is 0.0966 e. The molecule has 3 heteroatoms. The molecule has 3 aromatic carbocycles. The minimum atomic E-state index is 0.107. The predicted octanol–water partition coefficient (Wildman–Crippen LogP) is 6.73.